The molecule has 0 saturated carbocycles. The van der Waals surface area contributed by atoms with E-state index in [0.29, 0.717) is 0 Å². The van der Waals surface area contributed by atoms with E-state index in [-0.39, 0.29) is 38.8 Å². The summed E-state index contributed by atoms with van der Waals surface area (Å²) in [7, 11) is -3.95. The van der Waals surface area contributed by atoms with Crippen LogP contribution in [0.15, 0.2) is 69.9 Å². The third-order valence-electron chi connectivity index (χ3n) is 7.93. The summed E-state index contributed by atoms with van der Waals surface area (Å²) in [6.07, 6.45) is 20.8. The number of nitrogens with zero attached hydrogens (tertiary/aromatic N) is 2. The highest BCUT2D eigenvalue weighted by Gasteiger charge is 2.51. The molecule has 0 aliphatic carbocycles. The van der Waals surface area contributed by atoms with Gasteiger partial charge in [0.15, 0.2) is 0 Å². The fourth-order valence-electron chi connectivity index (χ4n) is 5.16. The number of rotatable bonds is 21. The van der Waals surface area contributed by atoms with Gasteiger partial charge in [-0.25, -0.2) is 0 Å². The number of amides is 2. The van der Waals surface area contributed by atoms with Gasteiger partial charge in [0, 0.05) is 13.1 Å². The van der Waals surface area contributed by atoms with E-state index in [9.17, 15) is 14.2 Å². The first kappa shape index (κ1) is 41.6. The Labute approximate surface area is 281 Å². The molecule has 0 radical (unpaired) electrons. The lowest BCUT2D eigenvalue weighted by atomic mass is 10.1. The molecule has 1 saturated heterocycles. The van der Waals surface area contributed by atoms with Crippen LogP contribution in [0.2, 0.25) is 0 Å². The summed E-state index contributed by atoms with van der Waals surface area (Å²) in [5, 5.41) is 0. The zero-order chi connectivity index (χ0) is 34.7. The van der Waals surface area contributed by atoms with Crippen LogP contribution in [0.5, 0.6) is 0 Å². The molecule has 8 heteroatoms. The lowest BCUT2D eigenvalue weighted by Gasteiger charge is -2.41. The molecule has 0 aromatic carbocycles. The molecule has 1 aliphatic rings. The van der Waals surface area contributed by atoms with Gasteiger partial charge >= 0.3 is 7.60 Å². The van der Waals surface area contributed by atoms with Gasteiger partial charge < -0.3 is 18.8 Å². The fraction of sp³-hybridized carbons (Fsp3) is 0.632. The summed E-state index contributed by atoms with van der Waals surface area (Å²) in [5.74, 6) is -1.97. The maximum Gasteiger partial charge on any atom is 0.362 e. The van der Waals surface area contributed by atoms with Crippen LogP contribution in [0, 0.1) is 0 Å². The van der Waals surface area contributed by atoms with Crippen LogP contribution in [-0.4, -0.2) is 60.2 Å². The van der Waals surface area contributed by atoms with E-state index in [1.807, 2.05) is 26.0 Å². The van der Waals surface area contributed by atoms with E-state index in [1.165, 1.54) is 32.1 Å². The van der Waals surface area contributed by atoms with Gasteiger partial charge in [-0.1, -0.05) is 69.9 Å². The van der Waals surface area contributed by atoms with E-state index < -0.39 is 19.3 Å². The molecule has 1 rings (SSSR count). The van der Waals surface area contributed by atoms with Gasteiger partial charge in [-0.3, -0.25) is 14.2 Å². The maximum atomic E-state index is 14.0. The Kier molecular flexibility index (Phi) is 20.0. The molecule has 1 unspecified atom stereocenters. The lowest BCUT2D eigenvalue weighted by molar-refractivity contribution is -0.152. The van der Waals surface area contributed by atoms with E-state index in [2.05, 4.69) is 65.8 Å². The highest BCUT2D eigenvalue weighted by atomic mass is 31.2. The van der Waals surface area contributed by atoms with Crippen molar-refractivity contribution in [1.29, 1.82) is 0 Å². The number of allylic oxidation sites excluding steroid dienone is 10. The molecule has 260 valence electrons. The van der Waals surface area contributed by atoms with Crippen molar-refractivity contribution in [3.05, 3.63) is 69.9 Å². The predicted octanol–water partition coefficient (Wildman–Crippen LogP) is 10.1. The number of carbonyl (C=O) groups excluding carboxylic acids is 2. The van der Waals surface area contributed by atoms with Crippen molar-refractivity contribution in [3.63, 3.8) is 0 Å². The second kappa shape index (κ2) is 22.2. The highest BCUT2D eigenvalue weighted by molar-refractivity contribution is 7.55. The molecule has 0 bridgehead atoms. The second-order valence-corrected chi connectivity index (χ2v) is 15.0. The van der Waals surface area contributed by atoms with Crippen LogP contribution < -0.4 is 0 Å². The Balaban J connectivity index is 3.01. The van der Waals surface area contributed by atoms with Crippen LogP contribution >= 0.6 is 7.60 Å². The maximum absolute atomic E-state index is 14.0. The lowest BCUT2D eigenvalue weighted by Crippen LogP contribution is -2.59. The standard InChI is InChI=1S/C38H63N2O5P/c1-11-44-46(43,45-12-2)38-37(42)39(27-25-34(9)23-15-21-32(7)19-13-17-30(3)4)29-36(41)40(38)28-26-35(10)24-16-22-33(8)20-14-18-31(5)6/h17-18,21-22,25-26,38H,11-16,19-20,23-24,27-29H2,1-10H3/b32-21+,33-22+,34-25+,35-26+. The smallest absolute Gasteiger partial charge is 0.327 e. The van der Waals surface area contributed by atoms with Crippen molar-refractivity contribution in [2.24, 2.45) is 0 Å². The summed E-state index contributed by atoms with van der Waals surface area (Å²) in [6, 6.07) is 0. The first-order valence-corrected chi connectivity index (χ1v) is 18.7. The van der Waals surface area contributed by atoms with E-state index in [0.717, 1.165) is 62.5 Å². The molecule has 1 fully saturated rings. The Morgan fingerprint density at radius 1 is 0.652 bits per heavy atom. The molecule has 1 aliphatic heterocycles. The van der Waals surface area contributed by atoms with Gasteiger partial charge in [0.1, 0.15) is 6.54 Å². The molecular weight excluding hydrogens is 595 g/mol. The highest BCUT2D eigenvalue weighted by Crippen LogP contribution is 2.55. The van der Waals surface area contributed by atoms with Gasteiger partial charge in [0.2, 0.25) is 11.7 Å². The fourth-order valence-corrected chi connectivity index (χ4v) is 7.24. The topological polar surface area (TPSA) is 76.1 Å². The Bertz CT molecular complexity index is 1210. The third kappa shape index (κ3) is 15.9. The van der Waals surface area contributed by atoms with Gasteiger partial charge in [-0.15, -0.1) is 0 Å². The Hall–Kier alpha value is -2.47. The molecule has 2 amide bonds. The average Bonchev–Trinajstić information content (AvgIpc) is 2.96. The average molecular weight is 659 g/mol. The van der Waals surface area contributed by atoms with Crippen LogP contribution in [0.25, 0.3) is 0 Å². The van der Waals surface area contributed by atoms with Crippen LogP contribution in [0.3, 0.4) is 0 Å². The first-order valence-electron chi connectivity index (χ1n) is 17.1. The summed E-state index contributed by atoms with van der Waals surface area (Å²) in [6.45, 7) is 20.9. The molecule has 46 heavy (non-hydrogen) atoms. The van der Waals surface area contributed by atoms with E-state index >= 15 is 0 Å². The Morgan fingerprint density at radius 3 is 1.46 bits per heavy atom. The van der Waals surface area contributed by atoms with Gasteiger partial charge in [-0.2, -0.15) is 0 Å². The van der Waals surface area contributed by atoms with Gasteiger partial charge in [0.05, 0.1) is 13.2 Å². The van der Waals surface area contributed by atoms with Crippen molar-refractivity contribution >= 4 is 19.4 Å². The van der Waals surface area contributed by atoms with Crippen molar-refractivity contribution in [1.82, 2.24) is 9.80 Å². The molecule has 0 aromatic rings. The quantitative estimate of drug-likeness (QED) is 0.0906. The van der Waals surface area contributed by atoms with Gasteiger partial charge in [-0.05, 0) is 121 Å². The third-order valence-corrected chi connectivity index (χ3v) is 10.3. The molecule has 1 heterocycles. The zero-order valence-electron chi connectivity index (χ0n) is 30.6. The number of hydrogen-bond acceptors (Lipinski definition) is 5. The minimum atomic E-state index is -3.95. The van der Waals surface area contributed by atoms with Crippen LogP contribution in [0.4, 0.5) is 0 Å². The van der Waals surface area contributed by atoms with Gasteiger partial charge in [0.25, 0.3) is 5.91 Å². The number of hydrogen-bond donors (Lipinski definition) is 0. The molecule has 7 nitrogen and oxygen atoms in total. The minimum absolute atomic E-state index is 0.0682. The predicted molar refractivity (Wildman–Crippen MR) is 194 cm³/mol. The van der Waals surface area contributed by atoms with Crippen molar-refractivity contribution in [2.45, 2.75) is 126 Å². The van der Waals surface area contributed by atoms with Crippen LogP contribution in [0.1, 0.15) is 121 Å². The summed E-state index contributed by atoms with van der Waals surface area (Å²) < 4.78 is 25.3. The molecule has 0 N–H and O–H groups in total. The minimum Gasteiger partial charge on any atom is -0.327 e. The monoisotopic (exact) mass is 658 g/mol. The summed E-state index contributed by atoms with van der Waals surface area (Å²) >= 11 is 0. The molecule has 0 aromatic heterocycles. The first-order chi connectivity index (χ1) is 21.7. The van der Waals surface area contributed by atoms with E-state index in [1.54, 1.807) is 13.8 Å². The zero-order valence-corrected chi connectivity index (χ0v) is 31.5. The molecule has 0 spiro atoms. The van der Waals surface area contributed by atoms with E-state index in [4.69, 9.17) is 9.05 Å². The molecular formula is C38H63N2O5P. The Morgan fingerprint density at radius 2 is 1.04 bits per heavy atom. The van der Waals surface area contributed by atoms with Crippen molar-refractivity contribution in [3.8, 4) is 0 Å². The number of piperazine rings is 1. The summed E-state index contributed by atoms with van der Waals surface area (Å²) in [4.78, 5) is 30.3. The summed E-state index contributed by atoms with van der Waals surface area (Å²) in [5.41, 5.74) is 7.67. The van der Waals surface area contributed by atoms with Crippen LogP contribution in [-0.2, 0) is 23.2 Å². The second-order valence-electron chi connectivity index (χ2n) is 12.9. The number of carbonyl (C=O) groups is 2. The molecule has 1 atom stereocenters. The van der Waals surface area contributed by atoms with Crippen molar-refractivity contribution in [2.75, 3.05) is 32.8 Å². The van der Waals surface area contributed by atoms with Crippen molar-refractivity contribution < 1.29 is 23.2 Å². The largest absolute Gasteiger partial charge is 0.362 e. The normalized spacial score (nSPS) is 17.1. The SMILES string of the molecule is CCOP(=O)(OCC)C1C(=O)N(C/C=C(\C)CC/C=C(\C)CCC=C(C)C)CC(=O)N1C/C=C(\C)CC/C=C(\C)CCC=C(C)C.